The number of carbonyl (C=O) groups excluding carboxylic acids is 1. The van der Waals surface area contributed by atoms with E-state index in [1.54, 1.807) is 0 Å². The molecule has 0 aliphatic heterocycles. The summed E-state index contributed by atoms with van der Waals surface area (Å²) in [6, 6.07) is 7.34. The first kappa shape index (κ1) is 11.0. The standard InChI is InChI=1S/C10H13BrN2O/c1-2-7-12-10(14)13-9-6-4-3-5-8(9)11/h3-6H,2,7H2,1H3,(H2,12,13,14). The highest BCUT2D eigenvalue weighted by Gasteiger charge is 2.02. The highest BCUT2D eigenvalue weighted by molar-refractivity contribution is 9.10. The first-order valence-corrected chi connectivity index (χ1v) is 5.32. The summed E-state index contributed by atoms with van der Waals surface area (Å²) >= 11 is 3.35. The molecule has 2 N–H and O–H groups in total. The number of benzene rings is 1. The fourth-order valence-corrected chi connectivity index (χ4v) is 1.35. The molecule has 0 bridgehead atoms. The molecule has 0 unspecified atom stereocenters. The van der Waals surface area contributed by atoms with Gasteiger partial charge in [-0.2, -0.15) is 0 Å². The summed E-state index contributed by atoms with van der Waals surface area (Å²) in [5.41, 5.74) is 0.779. The number of urea groups is 1. The van der Waals surface area contributed by atoms with Crippen molar-refractivity contribution in [1.29, 1.82) is 0 Å². The normalized spacial score (nSPS) is 9.57. The Bertz CT molecular complexity index is 315. The molecule has 1 rings (SSSR count). The molecule has 0 atom stereocenters. The van der Waals surface area contributed by atoms with Crippen LogP contribution in [0, 0.1) is 0 Å². The molecule has 2 amide bonds. The second-order valence-corrected chi connectivity index (χ2v) is 3.72. The van der Waals surface area contributed by atoms with Crippen LogP contribution in [0.25, 0.3) is 0 Å². The third kappa shape index (κ3) is 3.38. The predicted octanol–water partition coefficient (Wildman–Crippen LogP) is 2.98. The highest BCUT2D eigenvalue weighted by atomic mass is 79.9. The van der Waals surface area contributed by atoms with Crippen LogP contribution in [0.15, 0.2) is 28.7 Å². The summed E-state index contributed by atoms with van der Waals surface area (Å²) in [7, 11) is 0. The summed E-state index contributed by atoms with van der Waals surface area (Å²) in [6.07, 6.45) is 0.934. The molecule has 0 fully saturated rings. The number of para-hydroxylation sites is 1. The molecule has 0 heterocycles. The van der Waals surface area contributed by atoms with E-state index in [9.17, 15) is 4.79 Å². The molecule has 0 radical (unpaired) electrons. The van der Waals surface area contributed by atoms with Crippen molar-refractivity contribution < 1.29 is 4.79 Å². The molecule has 1 aromatic rings. The van der Waals surface area contributed by atoms with Gasteiger partial charge in [-0.15, -0.1) is 0 Å². The zero-order valence-corrected chi connectivity index (χ0v) is 9.60. The minimum absolute atomic E-state index is 0.168. The molecule has 0 spiro atoms. The van der Waals surface area contributed by atoms with Gasteiger partial charge in [0.05, 0.1) is 5.69 Å². The number of rotatable bonds is 3. The maximum absolute atomic E-state index is 11.3. The molecule has 3 nitrogen and oxygen atoms in total. The SMILES string of the molecule is CCCNC(=O)Nc1ccccc1Br. The maximum Gasteiger partial charge on any atom is 0.319 e. The van der Waals surface area contributed by atoms with Crippen LogP contribution in [0.2, 0.25) is 0 Å². The quantitative estimate of drug-likeness (QED) is 0.858. The molecular formula is C10H13BrN2O. The maximum atomic E-state index is 11.3. The molecule has 1 aromatic carbocycles. The van der Waals surface area contributed by atoms with E-state index < -0.39 is 0 Å². The Morgan fingerprint density at radius 2 is 2.14 bits per heavy atom. The van der Waals surface area contributed by atoms with Crippen LogP contribution in [0.3, 0.4) is 0 Å². The number of hydrogen-bond donors (Lipinski definition) is 2. The van der Waals surface area contributed by atoms with Crippen molar-refractivity contribution in [3.05, 3.63) is 28.7 Å². The average Bonchev–Trinajstić information content (AvgIpc) is 2.18. The fraction of sp³-hybridized carbons (Fsp3) is 0.300. The van der Waals surface area contributed by atoms with Gasteiger partial charge in [-0.1, -0.05) is 19.1 Å². The Kier molecular flexibility index (Phi) is 4.46. The number of halogens is 1. The van der Waals surface area contributed by atoms with Crippen LogP contribution < -0.4 is 10.6 Å². The Morgan fingerprint density at radius 1 is 1.43 bits per heavy atom. The van der Waals surface area contributed by atoms with E-state index in [1.165, 1.54) is 0 Å². The topological polar surface area (TPSA) is 41.1 Å². The van der Waals surface area contributed by atoms with Gasteiger partial charge >= 0.3 is 6.03 Å². The molecule has 4 heteroatoms. The van der Waals surface area contributed by atoms with E-state index in [0.717, 1.165) is 16.6 Å². The minimum Gasteiger partial charge on any atom is -0.338 e. The third-order valence-corrected chi connectivity index (χ3v) is 2.35. The molecule has 14 heavy (non-hydrogen) atoms. The molecule has 0 aliphatic rings. The monoisotopic (exact) mass is 256 g/mol. The second-order valence-electron chi connectivity index (χ2n) is 2.86. The minimum atomic E-state index is -0.168. The number of hydrogen-bond acceptors (Lipinski definition) is 1. The van der Waals surface area contributed by atoms with Gasteiger partial charge in [0.15, 0.2) is 0 Å². The van der Waals surface area contributed by atoms with Gasteiger partial charge < -0.3 is 10.6 Å². The van der Waals surface area contributed by atoms with Crippen LogP contribution in [0.5, 0.6) is 0 Å². The number of nitrogens with one attached hydrogen (secondary N) is 2. The zero-order valence-electron chi connectivity index (χ0n) is 8.01. The lowest BCUT2D eigenvalue weighted by atomic mass is 10.3. The lowest BCUT2D eigenvalue weighted by Gasteiger charge is -2.07. The van der Waals surface area contributed by atoms with Gasteiger partial charge in [0.25, 0.3) is 0 Å². The zero-order chi connectivity index (χ0) is 10.4. The average molecular weight is 257 g/mol. The van der Waals surface area contributed by atoms with Crippen LogP contribution in [-0.4, -0.2) is 12.6 Å². The number of carbonyl (C=O) groups is 1. The van der Waals surface area contributed by atoms with Crippen LogP contribution >= 0.6 is 15.9 Å². The lowest BCUT2D eigenvalue weighted by Crippen LogP contribution is -2.29. The number of anilines is 1. The van der Waals surface area contributed by atoms with Crippen molar-refractivity contribution >= 4 is 27.6 Å². The van der Waals surface area contributed by atoms with Crippen LogP contribution in [0.1, 0.15) is 13.3 Å². The molecule has 0 aromatic heterocycles. The summed E-state index contributed by atoms with van der Waals surface area (Å²) in [5.74, 6) is 0. The molecule has 0 aliphatic carbocycles. The van der Waals surface area contributed by atoms with Gasteiger partial charge in [-0.3, -0.25) is 0 Å². The Morgan fingerprint density at radius 3 is 2.79 bits per heavy atom. The molecular weight excluding hydrogens is 244 g/mol. The second kappa shape index (κ2) is 5.65. The van der Waals surface area contributed by atoms with Gasteiger partial charge in [0.1, 0.15) is 0 Å². The van der Waals surface area contributed by atoms with Gasteiger partial charge in [-0.25, -0.2) is 4.79 Å². The highest BCUT2D eigenvalue weighted by Crippen LogP contribution is 2.20. The van der Waals surface area contributed by atoms with Crippen molar-refractivity contribution in [3.63, 3.8) is 0 Å². The van der Waals surface area contributed by atoms with Crippen molar-refractivity contribution in [2.24, 2.45) is 0 Å². The third-order valence-electron chi connectivity index (χ3n) is 1.66. The fourth-order valence-electron chi connectivity index (χ4n) is 0.968. The van der Waals surface area contributed by atoms with Crippen LogP contribution in [0.4, 0.5) is 10.5 Å². The summed E-state index contributed by atoms with van der Waals surface area (Å²) in [5, 5.41) is 5.49. The van der Waals surface area contributed by atoms with Gasteiger partial charge in [0.2, 0.25) is 0 Å². The lowest BCUT2D eigenvalue weighted by molar-refractivity contribution is 0.252. The first-order valence-electron chi connectivity index (χ1n) is 4.53. The molecule has 0 saturated heterocycles. The van der Waals surface area contributed by atoms with E-state index in [1.807, 2.05) is 31.2 Å². The molecule has 76 valence electrons. The number of amides is 2. The predicted molar refractivity (Wildman–Crippen MR) is 61.5 cm³/mol. The Hall–Kier alpha value is -1.03. The summed E-state index contributed by atoms with van der Waals surface area (Å²) in [4.78, 5) is 11.3. The molecule has 0 saturated carbocycles. The smallest absolute Gasteiger partial charge is 0.319 e. The Labute approximate surface area is 92.0 Å². The van der Waals surface area contributed by atoms with Crippen molar-refractivity contribution in [2.75, 3.05) is 11.9 Å². The summed E-state index contributed by atoms with van der Waals surface area (Å²) < 4.78 is 0.881. The van der Waals surface area contributed by atoms with E-state index in [-0.39, 0.29) is 6.03 Å². The van der Waals surface area contributed by atoms with E-state index >= 15 is 0 Å². The Balaban J connectivity index is 2.52. The van der Waals surface area contributed by atoms with Gasteiger partial charge in [-0.05, 0) is 34.5 Å². The summed E-state index contributed by atoms with van der Waals surface area (Å²) in [6.45, 7) is 2.70. The van der Waals surface area contributed by atoms with Gasteiger partial charge in [0, 0.05) is 11.0 Å². The first-order chi connectivity index (χ1) is 6.74. The van der Waals surface area contributed by atoms with Crippen molar-refractivity contribution in [1.82, 2.24) is 5.32 Å². The van der Waals surface area contributed by atoms with Crippen molar-refractivity contribution in [3.8, 4) is 0 Å². The largest absolute Gasteiger partial charge is 0.338 e. The van der Waals surface area contributed by atoms with E-state index in [0.29, 0.717) is 6.54 Å². The van der Waals surface area contributed by atoms with Crippen molar-refractivity contribution in [2.45, 2.75) is 13.3 Å². The van der Waals surface area contributed by atoms with E-state index in [4.69, 9.17) is 0 Å². The van der Waals surface area contributed by atoms with Crippen LogP contribution in [-0.2, 0) is 0 Å². The van der Waals surface area contributed by atoms with E-state index in [2.05, 4.69) is 26.6 Å².